The lowest BCUT2D eigenvalue weighted by Gasteiger charge is -2.25. The number of ether oxygens (including phenoxy) is 1. The Morgan fingerprint density at radius 2 is 2.00 bits per heavy atom. The van der Waals surface area contributed by atoms with E-state index in [1.54, 1.807) is 0 Å². The van der Waals surface area contributed by atoms with Crippen molar-refractivity contribution in [3.63, 3.8) is 0 Å². The van der Waals surface area contributed by atoms with Gasteiger partial charge in [-0.05, 0) is 30.7 Å². The molecule has 1 unspecified atom stereocenters. The summed E-state index contributed by atoms with van der Waals surface area (Å²) in [5, 5.41) is 0. The summed E-state index contributed by atoms with van der Waals surface area (Å²) in [6.07, 6.45) is 2.25. The molecule has 0 spiro atoms. The van der Waals surface area contributed by atoms with Crippen LogP contribution in [0, 0.1) is 0 Å². The zero-order chi connectivity index (χ0) is 17.3. The lowest BCUT2D eigenvalue weighted by molar-refractivity contribution is 0.0550. The maximum absolute atomic E-state index is 12.5. The van der Waals surface area contributed by atoms with Gasteiger partial charge in [0, 0.05) is 30.2 Å². The third-order valence-corrected chi connectivity index (χ3v) is 5.33. The Labute approximate surface area is 146 Å². The van der Waals surface area contributed by atoms with Gasteiger partial charge in [0.25, 0.3) is 0 Å². The minimum Gasteiger partial charge on any atom is -0.458 e. The van der Waals surface area contributed by atoms with E-state index in [1.165, 1.54) is 35.0 Å². The van der Waals surface area contributed by atoms with Crippen LogP contribution >= 0.6 is 29.7 Å². The lowest BCUT2D eigenvalue weighted by Crippen LogP contribution is -2.23. The summed E-state index contributed by atoms with van der Waals surface area (Å²) in [5.41, 5.74) is 0.356. The van der Waals surface area contributed by atoms with Crippen molar-refractivity contribution in [3.05, 3.63) is 42.5 Å². The van der Waals surface area contributed by atoms with E-state index in [0.29, 0.717) is 30.3 Å². The third-order valence-electron chi connectivity index (χ3n) is 2.80. The summed E-state index contributed by atoms with van der Waals surface area (Å²) in [5.74, 6) is 0.133. The summed E-state index contributed by atoms with van der Waals surface area (Å²) < 4.78 is 24.4. The first kappa shape index (κ1) is 20.0. The highest BCUT2D eigenvalue weighted by molar-refractivity contribution is 7.83. The van der Waals surface area contributed by atoms with Gasteiger partial charge in [-0.2, -0.15) is 0 Å². The van der Waals surface area contributed by atoms with Crippen molar-refractivity contribution in [2.75, 3.05) is 25.6 Å². The van der Waals surface area contributed by atoms with Gasteiger partial charge in [-0.1, -0.05) is 19.6 Å². The van der Waals surface area contributed by atoms with Gasteiger partial charge < -0.3 is 9.26 Å². The number of hydrogen-bond acceptors (Lipinski definition) is 4. The fraction of sp³-hybridized carbons (Fsp3) is 0.400. The molecule has 8 heteroatoms. The van der Waals surface area contributed by atoms with Gasteiger partial charge in [-0.15, -0.1) is 11.6 Å². The van der Waals surface area contributed by atoms with E-state index in [9.17, 15) is 9.36 Å². The molecule has 0 N–H and O–H groups in total. The number of carbonyl (C=O) groups is 1. The molecule has 0 radical (unpaired) electrons. The molecule has 0 aromatic heterocycles. The molecule has 0 saturated carbocycles. The van der Waals surface area contributed by atoms with E-state index in [2.05, 4.69) is 6.58 Å². The van der Waals surface area contributed by atoms with E-state index < -0.39 is 12.8 Å². The predicted molar refractivity (Wildman–Crippen MR) is 93.6 cm³/mol. The number of esters is 1. The summed E-state index contributed by atoms with van der Waals surface area (Å²) in [6, 6.07) is 6.07. The standard InChI is InChI=1S/C15H20Cl2NO4P/c1-3-10-18(11-9-16)23(17,20)22-14-7-5-13(6-8-14)15(19)21-12-4-2/h4-8H,2-3,9-12H2,1H3. The molecule has 1 aromatic carbocycles. The molecule has 1 atom stereocenters. The molecular weight excluding hydrogens is 360 g/mol. The minimum atomic E-state index is -3.52. The first-order valence-corrected chi connectivity index (χ1v) is 10.1. The van der Waals surface area contributed by atoms with Crippen molar-refractivity contribution in [1.29, 1.82) is 0 Å². The van der Waals surface area contributed by atoms with Crippen molar-refractivity contribution < 1.29 is 18.6 Å². The molecule has 0 saturated heterocycles. The van der Waals surface area contributed by atoms with Gasteiger partial charge in [0.15, 0.2) is 0 Å². The number of alkyl halides is 1. The maximum atomic E-state index is 12.5. The summed E-state index contributed by atoms with van der Waals surface area (Å²) in [7, 11) is 0. The first-order valence-electron chi connectivity index (χ1n) is 7.13. The van der Waals surface area contributed by atoms with Crippen molar-refractivity contribution >= 4 is 35.7 Å². The Bertz CT molecular complexity index is 559. The highest BCUT2D eigenvalue weighted by atomic mass is 35.7. The summed E-state index contributed by atoms with van der Waals surface area (Å²) in [4.78, 5) is 11.7. The third kappa shape index (κ3) is 6.56. The van der Waals surface area contributed by atoms with Crippen LogP contribution in [0.1, 0.15) is 23.7 Å². The molecule has 23 heavy (non-hydrogen) atoms. The van der Waals surface area contributed by atoms with Crippen molar-refractivity contribution in [1.82, 2.24) is 4.67 Å². The van der Waals surface area contributed by atoms with Crippen LogP contribution in [-0.4, -0.2) is 36.2 Å². The number of nitrogens with zero attached hydrogens (tertiary/aromatic N) is 1. The molecule has 0 aliphatic heterocycles. The molecule has 0 aliphatic rings. The van der Waals surface area contributed by atoms with E-state index >= 15 is 0 Å². The molecular formula is C15H20Cl2NO4P. The quantitative estimate of drug-likeness (QED) is 0.255. The predicted octanol–water partition coefficient (Wildman–Crippen LogP) is 4.71. The largest absolute Gasteiger partial charge is 0.458 e. The van der Waals surface area contributed by atoms with Crippen LogP contribution in [-0.2, 0) is 9.30 Å². The fourth-order valence-corrected chi connectivity index (χ4v) is 4.05. The first-order chi connectivity index (χ1) is 10.9. The molecule has 5 nitrogen and oxygen atoms in total. The Morgan fingerprint density at radius 1 is 1.35 bits per heavy atom. The topological polar surface area (TPSA) is 55.8 Å². The Morgan fingerprint density at radius 3 is 2.52 bits per heavy atom. The normalized spacial score (nSPS) is 13.4. The van der Waals surface area contributed by atoms with Crippen LogP contribution in [0.25, 0.3) is 0 Å². The zero-order valence-corrected chi connectivity index (χ0v) is 15.3. The average Bonchev–Trinajstić information content (AvgIpc) is 2.52. The van der Waals surface area contributed by atoms with E-state index in [1.807, 2.05) is 6.92 Å². The highest BCUT2D eigenvalue weighted by Gasteiger charge is 2.30. The molecule has 128 valence electrons. The number of halogens is 2. The Balaban J connectivity index is 2.77. The molecule has 0 amide bonds. The Hall–Kier alpha value is -1.00. The SMILES string of the molecule is C=CCOC(=O)c1ccc(OP(=O)(Cl)N(CCC)CCCl)cc1. The zero-order valence-electron chi connectivity index (χ0n) is 12.9. The molecule has 0 aliphatic carbocycles. The van der Waals surface area contributed by atoms with Gasteiger partial charge in [0.2, 0.25) is 0 Å². The number of carbonyl (C=O) groups excluding carboxylic acids is 1. The number of hydrogen-bond donors (Lipinski definition) is 0. The molecule has 1 rings (SSSR count). The fourth-order valence-electron chi connectivity index (χ4n) is 1.76. The molecule has 0 fully saturated rings. The van der Waals surface area contributed by atoms with E-state index in [0.717, 1.165) is 6.42 Å². The molecule has 1 aromatic rings. The smallest absolute Gasteiger partial charge is 0.411 e. The number of benzene rings is 1. The van der Waals surface area contributed by atoms with Crippen LogP contribution < -0.4 is 4.52 Å². The molecule has 0 bridgehead atoms. The minimum absolute atomic E-state index is 0.137. The summed E-state index contributed by atoms with van der Waals surface area (Å²) in [6.45, 7) is 2.91. The van der Waals surface area contributed by atoms with Crippen molar-refractivity contribution in [2.45, 2.75) is 13.3 Å². The van der Waals surface area contributed by atoms with Crippen molar-refractivity contribution in [2.24, 2.45) is 0 Å². The van der Waals surface area contributed by atoms with Crippen LogP contribution in [0.15, 0.2) is 36.9 Å². The van der Waals surface area contributed by atoms with Crippen LogP contribution in [0.4, 0.5) is 0 Å². The van der Waals surface area contributed by atoms with Crippen molar-refractivity contribution in [3.8, 4) is 5.75 Å². The van der Waals surface area contributed by atoms with Gasteiger partial charge in [-0.25, -0.2) is 14.0 Å². The second-order valence-corrected chi connectivity index (χ2v) is 7.91. The van der Waals surface area contributed by atoms with Gasteiger partial charge in [-0.3, -0.25) is 0 Å². The second-order valence-electron chi connectivity index (χ2n) is 4.60. The van der Waals surface area contributed by atoms with Crippen LogP contribution in [0.5, 0.6) is 5.75 Å². The second kappa shape index (κ2) is 9.99. The summed E-state index contributed by atoms with van der Waals surface area (Å²) >= 11 is 11.8. The van der Waals surface area contributed by atoms with E-state index in [-0.39, 0.29) is 6.61 Å². The monoisotopic (exact) mass is 379 g/mol. The molecule has 0 heterocycles. The van der Waals surface area contributed by atoms with Crippen LogP contribution in [0.2, 0.25) is 0 Å². The highest BCUT2D eigenvalue weighted by Crippen LogP contribution is 2.55. The average molecular weight is 380 g/mol. The van der Waals surface area contributed by atoms with Crippen LogP contribution in [0.3, 0.4) is 0 Å². The van der Waals surface area contributed by atoms with Gasteiger partial charge in [0.1, 0.15) is 12.4 Å². The maximum Gasteiger partial charge on any atom is 0.411 e. The Kier molecular flexibility index (Phi) is 8.71. The van der Waals surface area contributed by atoms with E-state index in [4.69, 9.17) is 32.1 Å². The van der Waals surface area contributed by atoms with Gasteiger partial charge in [0.05, 0.1) is 5.56 Å². The number of rotatable bonds is 10. The van der Waals surface area contributed by atoms with Gasteiger partial charge >= 0.3 is 12.8 Å². The lowest BCUT2D eigenvalue weighted by atomic mass is 10.2.